The second-order valence-corrected chi connectivity index (χ2v) is 8.29. The van der Waals surface area contributed by atoms with Gasteiger partial charge >= 0.3 is 5.97 Å². The SMILES string of the molecule is C[C@@H](N[C@H]1CC[C@@H](c2ccc(OCCO)cc2)C1)c1cccc2c(C(=O)O)cccc12. The number of ether oxygens (including phenoxy) is 1. The van der Waals surface area contributed by atoms with Crippen molar-refractivity contribution in [1.82, 2.24) is 5.32 Å². The number of hydrogen-bond acceptors (Lipinski definition) is 4. The predicted molar refractivity (Wildman–Crippen MR) is 122 cm³/mol. The third-order valence-electron chi connectivity index (χ3n) is 6.28. The van der Waals surface area contributed by atoms with Gasteiger partial charge in [-0.2, -0.15) is 0 Å². The molecule has 1 saturated carbocycles. The third-order valence-corrected chi connectivity index (χ3v) is 6.28. The van der Waals surface area contributed by atoms with Crippen LogP contribution in [0.4, 0.5) is 0 Å². The number of rotatable bonds is 8. The summed E-state index contributed by atoms with van der Waals surface area (Å²) in [6.07, 6.45) is 3.33. The molecule has 0 spiro atoms. The van der Waals surface area contributed by atoms with Crippen LogP contribution in [0.5, 0.6) is 5.75 Å². The molecule has 0 bridgehead atoms. The van der Waals surface area contributed by atoms with E-state index in [1.54, 1.807) is 6.07 Å². The molecule has 4 rings (SSSR count). The summed E-state index contributed by atoms with van der Waals surface area (Å²) in [5.41, 5.74) is 2.80. The first kappa shape index (κ1) is 21.3. The normalized spacial score (nSPS) is 19.4. The molecule has 162 valence electrons. The second-order valence-electron chi connectivity index (χ2n) is 8.29. The molecule has 5 nitrogen and oxygen atoms in total. The van der Waals surface area contributed by atoms with Crippen molar-refractivity contribution < 1.29 is 19.7 Å². The minimum absolute atomic E-state index is 0.0181. The summed E-state index contributed by atoms with van der Waals surface area (Å²) >= 11 is 0. The number of carboxylic acid groups (broad SMARTS) is 1. The Bertz CT molecular complexity index is 1050. The number of aliphatic hydroxyl groups is 1. The van der Waals surface area contributed by atoms with Gasteiger partial charge in [0.25, 0.3) is 0 Å². The molecule has 1 aliphatic carbocycles. The van der Waals surface area contributed by atoms with Crippen molar-refractivity contribution in [1.29, 1.82) is 0 Å². The maximum Gasteiger partial charge on any atom is 0.336 e. The molecule has 0 saturated heterocycles. The molecule has 0 heterocycles. The summed E-state index contributed by atoms with van der Waals surface area (Å²) in [6.45, 7) is 2.49. The van der Waals surface area contributed by atoms with Crippen molar-refractivity contribution in [3.8, 4) is 5.75 Å². The lowest BCUT2D eigenvalue weighted by molar-refractivity contribution is 0.0699. The molecule has 0 amide bonds. The van der Waals surface area contributed by atoms with E-state index in [0.717, 1.165) is 41.3 Å². The predicted octanol–water partition coefficient (Wildman–Crippen LogP) is 4.90. The molecular formula is C26H29NO4. The molecule has 3 aromatic rings. The highest BCUT2D eigenvalue weighted by atomic mass is 16.5. The zero-order valence-electron chi connectivity index (χ0n) is 17.8. The highest BCUT2D eigenvalue weighted by Gasteiger charge is 2.27. The first-order valence-electron chi connectivity index (χ1n) is 10.9. The largest absolute Gasteiger partial charge is 0.491 e. The smallest absolute Gasteiger partial charge is 0.336 e. The van der Waals surface area contributed by atoms with Gasteiger partial charge in [-0.05, 0) is 72.2 Å². The lowest BCUT2D eigenvalue weighted by atomic mass is 9.95. The first-order valence-corrected chi connectivity index (χ1v) is 10.9. The Balaban J connectivity index is 1.44. The molecule has 3 N–H and O–H groups in total. The van der Waals surface area contributed by atoms with Gasteiger partial charge in [-0.1, -0.05) is 42.5 Å². The standard InChI is InChI=1S/C26H29NO4/c1-17(22-4-2-6-24-23(22)5-3-7-25(24)26(29)30)27-20-11-8-19(16-20)18-9-12-21(13-10-18)31-15-14-28/h2-7,9-10,12-13,17,19-20,27-28H,8,11,14-16H2,1H3,(H,29,30)/t17-,19-,20+/m1/s1. The second kappa shape index (κ2) is 9.50. The number of benzene rings is 3. The molecule has 3 atom stereocenters. The number of fused-ring (bicyclic) bond motifs is 1. The van der Waals surface area contributed by atoms with Crippen molar-refractivity contribution in [2.24, 2.45) is 0 Å². The molecule has 31 heavy (non-hydrogen) atoms. The number of carbonyl (C=O) groups is 1. The van der Waals surface area contributed by atoms with E-state index in [1.165, 1.54) is 5.56 Å². The quantitative estimate of drug-likeness (QED) is 0.484. The van der Waals surface area contributed by atoms with E-state index in [2.05, 4.69) is 30.4 Å². The zero-order valence-corrected chi connectivity index (χ0v) is 17.8. The van der Waals surface area contributed by atoms with Gasteiger partial charge in [0.05, 0.1) is 12.2 Å². The van der Waals surface area contributed by atoms with Crippen LogP contribution in [0.3, 0.4) is 0 Å². The van der Waals surface area contributed by atoms with Crippen molar-refractivity contribution >= 4 is 16.7 Å². The van der Waals surface area contributed by atoms with E-state index in [4.69, 9.17) is 9.84 Å². The number of carboxylic acids is 1. The van der Waals surface area contributed by atoms with E-state index >= 15 is 0 Å². The average molecular weight is 420 g/mol. The van der Waals surface area contributed by atoms with Crippen LogP contribution in [-0.4, -0.2) is 35.4 Å². The van der Waals surface area contributed by atoms with Gasteiger partial charge in [0.15, 0.2) is 0 Å². The van der Waals surface area contributed by atoms with Crippen LogP contribution in [-0.2, 0) is 0 Å². The molecular weight excluding hydrogens is 390 g/mol. The molecule has 0 aromatic heterocycles. The van der Waals surface area contributed by atoms with Crippen molar-refractivity contribution in [2.75, 3.05) is 13.2 Å². The molecule has 1 fully saturated rings. The monoisotopic (exact) mass is 419 g/mol. The summed E-state index contributed by atoms with van der Waals surface area (Å²) in [5, 5.41) is 23.9. The molecule has 0 aliphatic heterocycles. The Morgan fingerprint density at radius 1 is 1.06 bits per heavy atom. The van der Waals surface area contributed by atoms with Gasteiger partial charge in [0.1, 0.15) is 12.4 Å². The average Bonchev–Trinajstić information content (AvgIpc) is 3.25. The van der Waals surface area contributed by atoms with Crippen molar-refractivity contribution in [3.63, 3.8) is 0 Å². The van der Waals surface area contributed by atoms with Gasteiger partial charge in [0.2, 0.25) is 0 Å². The van der Waals surface area contributed by atoms with Crippen LogP contribution in [0.1, 0.15) is 59.6 Å². The van der Waals surface area contributed by atoms with Crippen LogP contribution in [0.2, 0.25) is 0 Å². The Hall–Kier alpha value is -2.89. The van der Waals surface area contributed by atoms with Gasteiger partial charge in [-0.15, -0.1) is 0 Å². The molecule has 5 heteroatoms. The Morgan fingerprint density at radius 2 is 1.81 bits per heavy atom. The number of hydrogen-bond donors (Lipinski definition) is 3. The van der Waals surface area contributed by atoms with Crippen LogP contribution in [0, 0.1) is 0 Å². The zero-order chi connectivity index (χ0) is 21.8. The van der Waals surface area contributed by atoms with E-state index < -0.39 is 5.97 Å². The van der Waals surface area contributed by atoms with E-state index in [0.29, 0.717) is 24.1 Å². The van der Waals surface area contributed by atoms with Gasteiger partial charge in [-0.25, -0.2) is 4.79 Å². The van der Waals surface area contributed by atoms with E-state index in [1.807, 2.05) is 36.4 Å². The molecule has 0 radical (unpaired) electrons. The Labute approximate surface area is 182 Å². The van der Waals surface area contributed by atoms with Crippen molar-refractivity contribution in [2.45, 2.75) is 44.2 Å². The lowest BCUT2D eigenvalue weighted by Crippen LogP contribution is -2.29. The molecule has 3 aromatic carbocycles. The first-order chi connectivity index (χ1) is 15.1. The van der Waals surface area contributed by atoms with Gasteiger partial charge < -0.3 is 20.3 Å². The van der Waals surface area contributed by atoms with Gasteiger partial charge in [-0.3, -0.25) is 0 Å². The fourth-order valence-corrected chi connectivity index (χ4v) is 4.78. The van der Waals surface area contributed by atoms with Gasteiger partial charge in [0, 0.05) is 12.1 Å². The number of aliphatic hydroxyl groups excluding tert-OH is 1. The number of aromatic carboxylic acids is 1. The fraction of sp³-hybridized carbons (Fsp3) is 0.346. The summed E-state index contributed by atoms with van der Waals surface area (Å²) < 4.78 is 5.45. The minimum Gasteiger partial charge on any atom is -0.491 e. The maximum atomic E-state index is 11.6. The topological polar surface area (TPSA) is 78.8 Å². The van der Waals surface area contributed by atoms with Crippen LogP contribution in [0.25, 0.3) is 10.8 Å². The summed E-state index contributed by atoms with van der Waals surface area (Å²) in [4.78, 5) is 11.6. The van der Waals surface area contributed by atoms with Crippen LogP contribution < -0.4 is 10.1 Å². The summed E-state index contributed by atoms with van der Waals surface area (Å²) in [6, 6.07) is 20.2. The minimum atomic E-state index is -0.894. The number of nitrogens with one attached hydrogen (secondary N) is 1. The highest BCUT2D eigenvalue weighted by Crippen LogP contribution is 2.36. The van der Waals surface area contributed by atoms with E-state index in [9.17, 15) is 9.90 Å². The fourth-order valence-electron chi connectivity index (χ4n) is 4.78. The lowest BCUT2D eigenvalue weighted by Gasteiger charge is -2.22. The summed E-state index contributed by atoms with van der Waals surface area (Å²) in [5.74, 6) is 0.410. The third kappa shape index (κ3) is 4.73. The van der Waals surface area contributed by atoms with E-state index in [-0.39, 0.29) is 12.6 Å². The summed E-state index contributed by atoms with van der Waals surface area (Å²) in [7, 11) is 0. The highest BCUT2D eigenvalue weighted by molar-refractivity contribution is 6.04. The molecule has 1 aliphatic rings. The van der Waals surface area contributed by atoms with Crippen molar-refractivity contribution in [3.05, 3.63) is 77.4 Å². The Morgan fingerprint density at radius 3 is 2.55 bits per heavy atom. The van der Waals surface area contributed by atoms with Crippen LogP contribution in [0.15, 0.2) is 60.7 Å². The Kier molecular flexibility index (Phi) is 6.54. The van der Waals surface area contributed by atoms with Crippen LogP contribution >= 0.6 is 0 Å². The molecule has 0 unspecified atom stereocenters. The maximum absolute atomic E-state index is 11.6.